The predicted molar refractivity (Wildman–Crippen MR) is 82.9 cm³/mol. The number of hydrogen-bond donors (Lipinski definition) is 0. The lowest BCUT2D eigenvalue weighted by Crippen LogP contribution is -1.95. The highest BCUT2D eigenvalue weighted by atomic mass is 19.1. The fraction of sp³-hybridized carbons (Fsp3) is 0.222. The standard InChI is InChI=1S/C18H15FN2O/c1-10(2)18-21-16-13(9-20)11(3)14(15(19)17(16)22-18)12-7-5-4-6-8-12/h4-8,10H,1-3H3. The smallest absolute Gasteiger partial charge is 0.198 e. The van der Waals surface area contributed by atoms with Gasteiger partial charge in [-0.25, -0.2) is 9.37 Å². The molecule has 0 fully saturated rings. The van der Waals surface area contributed by atoms with Crippen molar-refractivity contribution in [3.63, 3.8) is 0 Å². The monoisotopic (exact) mass is 294 g/mol. The molecule has 2 aromatic carbocycles. The zero-order valence-corrected chi connectivity index (χ0v) is 12.6. The van der Waals surface area contributed by atoms with E-state index in [0.717, 1.165) is 5.56 Å². The fourth-order valence-electron chi connectivity index (χ4n) is 2.57. The molecule has 3 aromatic rings. The average molecular weight is 294 g/mol. The van der Waals surface area contributed by atoms with E-state index >= 15 is 0 Å². The number of nitrogens with zero attached hydrogens (tertiary/aromatic N) is 2. The lowest BCUT2D eigenvalue weighted by Gasteiger charge is -2.09. The van der Waals surface area contributed by atoms with Crippen LogP contribution in [-0.2, 0) is 0 Å². The van der Waals surface area contributed by atoms with Crippen LogP contribution < -0.4 is 0 Å². The molecule has 22 heavy (non-hydrogen) atoms. The van der Waals surface area contributed by atoms with Crippen LogP contribution in [0.5, 0.6) is 0 Å². The van der Waals surface area contributed by atoms with E-state index in [4.69, 9.17) is 4.42 Å². The van der Waals surface area contributed by atoms with Crippen molar-refractivity contribution in [3.8, 4) is 17.2 Å². The Morgan fingerprint density at radius 1 is 1.23 bits per heavy atom. The number of nitriles is 1. The lowest BCUT2D eigenvalue weighted by molar-refractivity contribution is 0.484. The van der Waals surface area contributed by atoms with E-state index in [1.807, 2.05) is 44.2 Å². The molecule has 0 radical (unpaired) electrons. The van der Waals surface area contributed by atoms with Gasteiger partial charge < -0.3 is 4.42 Å². The van der Waals surface area contributed by atoms with E-state index in [2.05, 4.69) is 11.1 Å². The van der Waals surface area contributed by atoms with Crippen LogP contribution in [0.1, 0.15) is 36.8 Å². The molecule has 110 valence electrons. The maximum absolute atomic E-state index is 15.0. The third-order valence-corrected chi connectivity index (χ3v) is 3.72. The molecule has 0 saturated heterocycles. The molecule has 0 saturated carbocycles. The first-order valence-electron chi connectivity index (χ1n) is 7.12. The lowest BCUT2D eigenvalue weighted by atomic mass is 9.95. The van der Waals surface area contributed by atoms with Crippen molar-refractivity contribution in [1.82, 2.24) is 4.98 Å². The second-order valence-electron chi connectivity index (χ2n) is 5.55. The summed E-state index contributed by atoms with van der Waals surface area (Å²) in [6.45, 7) is 5.58. The highest BCUT2D eigenvalue weighted by Crippen LogP contribution is 2.36. The molecule has 4 heteroatoms. The van der Waals surface area contributed by atoms with Gasteiger partial charge in [-0.1, -0.05) is 44.2 Å². The van der Waals surface area contributed by atoms with Crippen LogP contribution in [0.25, 0.3) is 22.2 Å². The summed E-state index contributed by atoms with van der Waals surface area (Å²) >= 11 is 0. The van der Waals surface area contributed by atoms with Gasteiger partial charge in [0.15, 0.2) is 17.3 Å². The van der Waals surface area contributed by atoms with Gasteiger partial charge in [-0.15, -0.1) is 0 Å². The van der Waals surface area contributed by atoms with Gasteiger partial charge >= 0.3 is 0 Å². The molecule has 3 nitrogen and oxygen atoms in total. The average Bonchev–Trinajstić information content (AvgIpc) is 2.94. The van der Waals surface area contributed by atoms with Gasteiger partial charge in [0.2, 0.25) is 0 Å². The van der Waals surface area contributed by atoms with Crippen molar-refractivity contribution in [2.75, 3.05) is 0 Å². The van der Waals surface area contributed by atoms with E-state index < -0.39 is 5.82 Å². The van der Waals surface area contributed by atoms with Crippen molar-refractivity contribution in [3.05, 3.63) is 53.2 Å². The minimum atomic E-state index is -0.461. The summed E-state index contributed by atoms with van der Waals surface area (Å²) in [6.07, 6.45) is 0. The molecule has 0 bridgehead atoms. The van der Waals surface area contributed by atoms with Crippen LogP contribution in [0.4, 0.5) is 4.39 Å². The largest absolute Gasteiger partial charge is 0.437 e. The zero-order valence-electron chi connectivity index (χ0n) is 12.6. The minimum Gasteiger partial charge on any atom is -0.437 e. The summed E-state index contributed by atoms with van der Waals surface area (Å²) in [7, 11) is 0. The normalized spacial score (nSPS) is 11.1. The van der Waals surface area contributed by atoms with E-state index in [1.54, 1.807) is 6.92 Å². The Hall–Kier alpha value is -2.67. The van der Waals surface area contributed by atoms with Crippen molar-refractivity contribution in [2.45, 2.75) is 26.7 Å². The molecule has 0 aliphatic rings. The molecule has 0 N–H and O–H groups in total. The number of oxazole rings is 1. The highest BCUT2D eigenvalue weighted by Gasteiger charge is 2.23. The molecule has 0 unspecified atom stereocenters. The SMILES string of the molecule is Cc1c(-c2ccccc2)c(F)c2oc(C(C)C)nc2c1C#N. The van der Waals surface area contributed by atoms with Crippen molar-refractivity contribution in [1.29, 1.82) is 5.26 Å². The van der Waals surface area contributed by atoms with Crippen LogP contribution in [-0.4, -0.2) is 4.98 Å². The van der Waals surface area contributed by atoms with Gasteiger partial charge in [-0.2, -0.15) is 5.26 Å². The molecular formula is C18H15FN2O. The van der Waals surface area contributed by atoms with E-state index in [0.29, 0.717) is 28.1 Å². The number of rotatable bonds is 2. The summed E-state index contributed by atoms with van der Waals surface area (Å²) in [4.78, 5) is 4.31. The second kappa shape index (κ2) is 5.27. The van der Waals surface area contributed by atoms with Gasteiger partial charge in [0.05, 0.1) is 5.56 Å². The summed E-state index contributed by atoms with van der Waals surface area (Å²) in [5.41, 5.74) is 2.44. The predicted octanol–water partition coefficient (Wildman–Crippen LogP) is 4.94. The Balaban J connectivity index is 2.42. The van der Waals surface area contributed by atoms with Crippen molar-refractivity contribution in [2.24, 2.45) is 0 Å². The third kappa shape index (κ3) is 2.06. The minimum absolute atomic E-state index is 0.0267. The first-order valence-corrected chi connectivity index (χ1v) is 7.12. The Labute approximate surface area is 128 Å². The Kier molecular flexibility index (Phi) is 3.42. The number of fused-ring (bicyclic) bond motifs is 1. The molecule has 3 rings (SSSR count). The van der Waals surface area contributed by atoms with Crippen LogP contribution in [0, 0.1) is 24.1 Å². The molecule has 0 spiro atoms. The third-order valence-electron chi connectivity index (χ3n) is 3.72. The number of halogens is 1. The topological polar surface area (TPSA) is 49.8 Å². The Bertz CT molecular complexity index is 889. The quantitative estimate of drug-likeness (QED) is 0.672. The van der Waals surface area contributed by atoms with Crippen molar-refractivity contribution < 1.29 is 8.81 Å². The molecule has 1 aromatic heterocycles. The maximum Gasteiger partial charge on any atom is 0.198 e. The molecule has 0 aliphatic carbocycles. The van der Waals surface area contributed by atoms with E-state index in [9.17, 15) is 9.65 Å². The van der Waals surface area contributed by atoms with Gasteiger partial charge in [0.25, 0.3) is 0 Å². The fourth-order valence-corrected chi connectivity index (χ4v) is 2.57. The van der Waals surface area contributed by atoms with E-state index in [-0.39, 0.29) is 11.5 Å². The van der Waals surface area contributed by atoms with E-state index in [1.165, 1.54) is 0 Å². The van der Waals surface area contributed by atoms with Gasteiger partial charge in [-0.3, -0.25) is 0 Å². The van der Waals surface area contributed by atoms with Crippen LogP contribution in [0.15, 0.2) is 34.7 Å². The highest BCUT2D eigenvalue weighted by molar-refractivity contribution is 5.89. The summed E-state index contributed by atoms with van der Waals surface area (Å²) in [5, 5.41) is 9.47. The summed E-state index contributed by atoms with van der Waals surface area (Å²) in [5.74, 6) is 0.00550. The second-order valence-corrected chi connectivity index (χ2v) is 5.55. The summed E-state index contributed by atoms with van der Waals surface area (Å²) < 4.78 is 20.5. The number of hydrogen-bond acceptors (Lipinski definition) is 3. The first kappa shape index (κ1) is 14.3. The van der Waals surface area contributed by atoms with Gasteiger partial charge in [-0.05, 0) is 18.1 Å². The van der Waals surface area contributed by atoms with Crippen LogP contribution >= 0.6 is 0 Å². The zero-order chi connectivity index (χ0) is 15.9. The Morgan fingerprint density at radius 2 is 1.91 bits per heavy atom. The van der Waals surface area contributed by atoms with Crippen molar-refractivity contribution >= 4 is 11.1 Å². The maximum atomic E-state index is 15.0. The number of aromatic nitrogens is 1. The molecule has 1 heterocycles. The first-order chi connectivity index (χ1) is 10.5. The molecule has 0 aliphatic heterocycles. The summed E-state index contributed by atoms with van der Waals surface area (Å²) in [6, 6.07) is 11.3. The number of benzene rings is 2. The van der Waals surface area contributed by atoms with Gasteiger partial charge in [0, 0.05) is 11.5 Å². The van der Waals surface area contributed by atoms with Gasteiger partial charge in [0.1, 0.15) is 11.6 Å². The molecule has 0 atom stereocenters. The van der Waals surface area contributed by atoms with Crippen LogP contribution in [0.2, 0.25) is 0 Å². The Morgan fingerprint density at radius 3 is 2.50 bits per heavy atom. The molecular weight excluding hydrogens is 279 g/mol. The molecule has 0 amide bonds. The van der Waals surface area contributed by atoms with Crippen LogP contribution in [0.3, 0.4) is 0 Å².